The van der Waals surface area contributed by atoms with Crippen molar-refractivity contribution in [1.29, 1.82) is 0 Å². The number of ether oxygens (including phenoxy) is 8. The largest absolute Gasteiger partial charge is 0.481 e. The quantitative estimate of drug-likeness (QED) is 0.0753. The van der Waals surface area contributed by atoms with Crippen molar-refractivity contribution in [3.8, 4) is 0 Å². The van der Waals surface area contributed by atoms with Gasteiger partial charge in [-0.15, -0.1) is 0 Å². The number of carboxylic acid groups (broad SMARTS) is 1. The van der Waals surface area contributed by atoms with Gasteiger partial charge in [0, 0.05) is 5.41 Å². The molecule has 14 N–H and O–H groups in total. The zero-order valence-corrected chi connectivity index (χ0v) is 44.6. The van der Waals surface area contributed by atoms with E-state index in [1.165, 1.54) is 6.92 Å². The number of carboxylic acids is 1. The van der Waals surface area contributed by atoms with Crippen LogP contribution in [-0.4, -0.2) is 233 Å². The lowest BCUT2D eigenvalue weighted by Crippen LogP contribution is -2.68. The van der Waals surface area contributed by atoms with Crippen LogP contribution in [0.5, 0.6) is 0 Å². The van der Waals surface area contributed by atoms with E-state index in [0.717, 1.165) is 24.8 Å². The topological polar surface area (TPSA) is 374 Å². The Hall–Kier alpha value is -1.63. The molecule has 0 aromatic carbocycles. The summed E-state index contributed by atoms with van der Waals surface area (Å²) in [4.78, 5) is 12.7. The molecule has 23 nitrogen and oxygen atoms in total. The second-order valence-electron chi connectivity index (χ2n) is 25.7. The fourth-order valence-corrected chi connectivity index (χ4v) is 16.4. The minimum Gasteiger partial charge on any atom is -0.481 e. The van der Waals surface area contributed by atoms with Crippen LogP contribution in [0.15, 0.2) is 11.6 Å². The number of aliphatic hydroxyl groups is 13. The molecular weight excluding hydrogens is 1000 g/mol. The van der Waals surface area contributed by atoms with Crippen LogP contribution in [-0.2, 0) is 42.7 Å². The van der Waals surface area contributed by atoms with Gasteiger partial charge < -0.3 is 109 Å². The maximum atomic E-state index is 12.7. The molecule has 0 unspecified atom stereocenters. The number of aliphatic hydroxyl groups excluding tert-OH is 13. The highest BCUT2D eigenvalue weighted by molar-refractivity contribution is 5.74. The maximum absolute atomic E-state index is 12.7. The Balaban J connectivity index is 0.975. The van der Waals surface area contributed by atoms with Gasteiger partial charge in [0.1, 0.15) is 85.5 Å². The van der Waals surface area contributed by atoms with Crippen LogP contribution in [0.4, 0.5) is 0 Å². The SMILES string of the molecule is C[C@H]1O[C@H](O[C@H]2[C@H](O[C@H]3CO[C@@H](O[C@H]4CC[C@]5(C)[C@H]6CC=C7[C@@H]8C[C@@](C)(C(=O)O)CC[C@]8(CO)[C@H](O)C[C@@]7(C)[C@]6(C)CC[C@H]5C4(C)C)[C@H](O[C@@H]4O[C@H](CO)[C@@H](O)[C@H](O)[C@H]4O)[C@H]3O)O[C@H](CO)[C@@H](O)[C@@H]2O)[C@@H](O)[C@@H](O)[C@@H]1O. The molecule has 0 spiro atoms. The fraction of sp³-hybridized carbons (Fsp3) is 0.943. The average molecular weight is 1090 g/mol. The van der Waals surface area contributed by atoms with Crippen molar-refractivity contribution in [3.63, 3.8) is 0 Å². The summed E-state index contributed by atoms with van der Waals surface area (Å²) >= 11 is 0. The standard InChI is InChI=1S/C53H86O23/c1-22-32(58)36(62)39(65)43(70-22)76-42-38(64)34(60)26(19-55)72-46(42)73-27-20-69-45(41(35(27)61)75-44-40(66)37(63)33(59)25(18-54)71-44)74-31-11-12-50(5)28(48(31,2)3)10-13-51(6)29(50)9-8-23-24-16-49(4,47(67)68)14-15-53(24,21-56)30(57)17-52(23,51)7/h8,22,24-46,54-66H,9-21H2,1-7H3,(H,67,68)/t22-,24+,25-,26-,27+,28+,29-,30-,31+,32-,33-,34-,35+,36+,37+,38+,39+,40-,41-,42-,43-,44+,45+,46+,49+,50+,51-,52-,53-/m1/s1. The molecule has 4 saturated carbocycles. The van der Waals surface area contributed by atoms with E-state index in [1.807, 2.05) is 0 Å². The highest BCUT2D eigenvalue weighted by Gasteiger charge is 2.71. The van der Waals surface area contributed by atoms with Crippen LogP contribution in [0.1, 0.15) is 106 Å². The van der Waals surface area contributed by atoms with Crippen molar-refractivity contribution >= 4 is 5.97 Å². The van der Waals surface area contributed by atoms with Gasteiger partial charge in [-0.2, -0.15) is 0 Å². The smallest absolute Gasteiger partial charge is 0.309 e. The Kier molecular flexibility index (Phi) is 16.5. The van der Waals surface area contributed by atoms with Crippen molar-refractivity contribution in [2.24, 2.45) is 50.2 Å². The lowest BCUT2D eigenvalue weighted by atomic mass is 9.33. The molecule has 9 rings (SSSR count). The monoisotopic (exact) mass is 1090 g/mol. The molecule has 76 heavy (non-hydrogen) atoms. The van der Waals surface area contributed by atoms with E-state index in [1.54, 1.807) is 6.92 Å². The van der Waals surface area contributed by atoms with E-state index in [4.69, 9.17) is 37.9 Å². The molecule has 4 aliphatic heterocycles. The molecule has 29 atom stereocenters. The van der Waals surface area contributed by atoms with Gasteiger partial charge in [-0.05, 0) is 111 Å². The second-order valence-corrected chi connectivity index (χ2v) is 25.7. The molecule has 436 valence electrons. The lowest BCUT2D eigenvalue weighted by molar-refractivity contribution is -0.394. The first-order chi connectivity index (χ1) is 35.6. The second kappa shape index (κ2) is 21.3. The fourth-order valence-electron chi connectivity index (χ4n) is 16.4. The Labute approximate surface area is 442 Å². The molecule has 23 heteroatoms. The number of aliphatic carboxylic acids is 1. The first-order valence-electron chi connectivity index (χ1n) is 27.4. The molecule has 0 aromatic rings. The number of rotatable bonds is 12. The van der Waals surface area contributed by atoms with Crippen LogP contribution >= 0.6 is 0 Å². The van der Waals surface area contributed by atoms with E-state index in [-0.39, 0.29) is 35.2 Å². The molecule has 8 fully saturated rings. The maximum Gasteiger partial charge on any atom is 0.309 e. The molecule has 0 bridgehead atoms. The van der Waals surface area contributed by atoms with Crippen LogP contribution in [0.25, 0.3) is 0 Å². The van der Waals surface area contributed by atoms with E-state index in [9.17, 15) is 76.3 Å². The highest BCUT2D eigenvalue weighted by Crippen LogP contribution is 2.76. The summed E-state index contributed by atoms with van der Waals surface area (Å²) in [6.45, 7) is 12.1. The molecule has 4 heterocycles. The van der Waals surface area contributed by atoms with Gasteiger partial charge in [0.05, 0.1) is 50.2 Å². The van der Waals surface area contributed by atoms with Crippen molar-refractivity contribution in [2.45, 2.75) is 235 Å². The van der Waals surface area contributed by atoms with Crippen molar-refractivity contribution in [2.75, 3.05) is 26.4 Å². The first-order valence-corrected chi connectivity index (χ1v) is 27.4. The van der Waals surface area contributed by atoms with E-state index in [0.29, 0.717) is 38.5 Å². The van der Waals surface area contributed by atoms with Crippen LogP contribution in [0.3, 0.4) is 0 Å². The molecule has 4 saturated heterocycles. The first kappa shape index (κ1) is 59.0. The number of carbonyl (C=O) groups is 1. The zero-order valence-electron chi connectivity index (χ0n) is 44.6. The molecule has 5 aliphatic carbocycles. The average Bonchev–Trinajstić information content (AvgIpc) is 3.57. The molecule has 0 amide bonds. The number of hydrogen-bond donors (Lipinski definition) is 14. The number of fused-ring (bicyclic) bond motifs is 7. The highest BCUT2D eigenvalue weighted by atomic mass is 16.8. The predicted octanol–water partition coefficient (Wildman–Crippen LogP) is -1.86. The third-order valence-electron chi connectivity index (χ3n) is 21.5. The normalized spacial score (nSPS) is 55.3. The minimum absolute atomic E-state index is 0.0560. The molecule has 0 radical (unpaired) electrons. The van der Waals surface area contributed by atoms with E-state index in [2.05, 4.69) is 40.7 Å². The lowest BCUT2D eigenvalue weighted by Gasteiger charge is -2.72. The minimum atomic E-state index is -1.91. The van der Waals surface area contributed by atoms with Gasteiger partial charge in [0.15, 0.2) is 25.2 Å². The van der Waals surface area contributed by atoms with Crippen molar-refractivity contribution in [3.05, 3.63) is 11.6 Å². The Morgan fingerprint density at radius 2 is 1.21 bits per heavy atom. The third kappa shape index (κ3) is 9.27. The Bertz CT molecular complexity index is 2100. The van der Waals surface area contributed by atoms with E-state index >= 15 is 0 Å². The van der Waals surface area contributed by atoms with Gasteiger partial charge in [0.25, 0.3) is 0 Å². The van der Waals surface area contributed by atoms with Gasteiger partial charge in [0.2, 0.25) is 0 Å². The third-order valence-corrected chi connectivity index (χ3v) is 21.5. The Morgan fingerprint density at radius 1 is 0.618 bits per heavy atom. The van der Waals surface area contributed by atoms with Crippen LogP contribution < -0.4 is 0 Å². The van der Waals surface area contributed by atoms with E-state index < -0.39 is 176 Å². The summed E-state index contributed by atoms with van der Waals surface area (Å²) in [5.41, 5.74) is -2.33. The van der Waals surface area contributed by atoms with Gasteiger partial charge in [-0.3, -0.25) is 4.79 Å². The van der Waals surface area contributed by atoms with Gasteiger partial charge >= 0.3 is 5.97 Å². The molecule has 9 aliphatic rings. The van der Waals surface area contributed by atoms with Crippen LogP contribution in [0, 0.1) is 50.2 Å². The van der Waals surface area contributed by atoms with Gasteiger partial charge in [-0.1, -0.05) is 46.3 Å². The number of allylic oxidation sites excluding steroid dienone is 2. The molecule has 0 aromatic heterocycles. The Morgan fingerprint density at radius 3 is 1.83 bits per heavy atom. The van der Waals surface area contributed by atoms with Crippen molar-refractivity contribution in [1.82, 2.24) is 0 Å². The predicted molar refractivity (Wildman–Crippen MR) is 259 cm³/mol. The van der Waals surface area contributed by atoms with Crippen molar-refractivity contribution < 1.29 is 114 Å². The zero-order chi connectivity index (χ0) is 55.6. The summed E-state index contributed by atoms with van der Waals surface area (Å²) < 4.78 is 48.9. The van der Waals surface area contributed by atoms with Crippen LogP contribution in [0.2, 0.25) is 0 Å². The summed E-state index contributed by atoms with van der Waals surface area (Å²) in [7, 11) is 0. The summed E-state index contributed by atoms with van der Waals surface area (Å²) in [6.07, 6.45) is -25.5. The summed E-state index contributed by atoms with van der Waals surface area (Å²) in [6, 6.07) is 0. The summed E-state index contributed by atoms with van der Waals surface area (Å²) in [5.74, 6) is -0.984. The number of hydrogen-bond acceptors (Lipinski definition) is 22. The van der Waals surface area contributed by atoms with Gasteiger partial charge in [-0.25, -0.2) is 0 Å². The molecular formula is C53H86O23. The summed E-state index contributed by atoms with van der Waals surface area (Å²) in [5, 5.41) is 152.